The second-order valence-electron chi connectivity index (χ2n) is 4.05. The summed E-state index contributed by atoms with van der Waals surface area (Å²) in [5.41, 5.74) is 1.94. The fourth-order valence-electron chi connectivity index (χ4n) is 2.00. The summed E-state index contributed by atoms with van der Waals surface area (Å²) >= 11 is 1.39. The van der Waals surface area contributed by atoms with Gasteiger partial charge in [-0.05, 0) is 43.7 Å². The van der Waals surface area contributed by atoms with Gasteiger partial charge in [-0.15, -0.1) is 5.10 Å². The molecular weight excluding hydrogens is 262 g/mol. The molecule has 5 nitrogen and oxygen atoms in total. The molecule has 2 rings (SSSR count). The molecule has 0 aliphatic rings. The first-order valence-electron chi connectivity index (χ1n) is 5.89. The van der Waals surface area contributed by atoms with Gasteiger partial charge in [0.25, 0.3) is 0 Å². The first-order chi connectivity index (χ1) is 9.21. The molecule has 1 aromatic heterocycles. The maximum Gasteiger partial charge on any atom is 0.124 e. The minimum atomic E-state index is -0.00921. The average Bonchev–Trinajstić information content (AvgIpc) is 2.86. The number of aromatic nitrogens is 2. The van der Waals surface area contributed by atoms with Crippen LogP contribution in [-0.4, -0.2) is 30.9 Å². The maximum absolute atomic E-state index is 5.43. The summed E-state index contributed by atoms with van der Waals surface area (Å²) < 4.78 is 14.7. The molecule has 0 amide bonds. The summed E-state index contributed by atoms with van der Waals surface area (Å²) in [7, 11) is 5.22. The molecule has 0 spiro atoms. The van der Waals surface area contributed by atoms with E-state index in [1.54, 1.807) is 14.2 Å². The van der Waals surface area contributed by atoms with Crippen molar-refractivity contribution in [3.05, 3.63) is 34.3 Å². The molecular formula is C13H17N3O2S. The Hall–Kier alpha value is -1.66. The van der Waals surface area contributed by atoms with Gasteiger partial charge in [0.2, 0.25) is 0 Å². The predicted octanol–water partition coefficient (Wildman–Crippen LogP) is 2.17. The van der Waals surface area contributed by atoms with Crippen molar-refractivity contribution >= 4 is 11.5 Å². The second-order valence-corrected chi connectivity index (χ2v) is 4.84. The third-order valence-corrected chi connectivity index (χ3v) is 3.88. The van der Waals surface area contributed by atoms with Crippen molar-refractivity contribution in [1.82, 2.24) is 14.9 Å². The van der Waals surface area contributed by atoms with Crippen LogP contribution in [0.15, 0.2) is 18.2 Å². The number of nitrogens with zero attached hydrogens (tertiary/aromatic N) is 2. The molecule has 0 saturated carbocycles. The molecule has 0 aliphatic heterocycles. The molecule has 0 bridgehead atoms. The normalized spacial score (nSPS) is 12.2. The van der Waals surface area contributed by atoms with Crippen LogP contribution < -0.4 is 14.8 Å². The van der Waals surface area contributed by atoms with Crippen LogP contribution in [0.4, 0.5) is 0 Å². The Balaban J connectivity index is 2.51. The van der Waals surface area contributed by atoms with Crippen LogP contribution in [-0.2, 0) is 0 Å². The van der Waals surface area contributed by atoms with Gasteiger partial charge in [0.1, 0.15) is 11.5 Å². The molecule has 1 atom stereocenters. The minimum Gasteiger partial charge on any atom is -0.497 e. The molecule has 1 N–H and O–H groups in total. The highest BCUT2D eigenvalue weighted by molar-refractivity contribution is 7.05. The summed E-state index contributed by atoms with van der Waals surface area (Å²) in [4.78, 5) is 1.08. The lowest BCUT2D eigenvalue weighted by Crippen LogP contribution is -2.18. The molecule has 0 saturated heterocycles. The van der Waals surface area contributed by atoms with E-state index in [9.17, 15) is 0 Å². The summed E-state index contributed by atoms with van der Waals surface area (Å²) in [6.07, 6.45) is 0. The van der Waals surface area contributed by atoms with Crippen LogP contribution in [0.2, 0.25) is 0 Å². The summed E-state index contributed by atoms with van der Waals surface area (Å²) in [5.74, 6) is 1.61. The molecule has 1 heterocycles. The highest BCUT2D eigenvalue weighted by Crippen LogP contribution is 2.34. The van der Waals surface area contributed by atoms with E-state index in [2.05, 4.69) is 14.9 Å². The van der Waals surface area contributed by atoms with Gasteiger partial charge in [-0.2, -0.15) is 0 Å². The van der Waals surface area contributed by atoms with E-state index in [-0.39, 0.29) is 6.04 Å². The largest absolute Gasteiger partial charge is 0.497 e. The lowest BCUT2D eigenvalue weighted by molar-refractivity contribution is 0.395. The smallest absolute Gasteiger partial charge is 0.124 e. The van der Waals surface area contributed by atoms with E-state index < -0.39 is 0 Å². The zero-order valence-corrected chi connectivity index (χ0v) is 12.2. The van der Waals surface area contributed by atoms with Gasteiger partial charge in [0, 0.05) is 5.56 Å². The van der Waals surface area contributed by atoms with Crippen LogP contribution >= 0.6 is 11.5 Å². The number of hydrogen-bond donors (Lipinski definition) is 1. The molecule has 1 aromatic carbocycles. The Kier molecular flexibility index (Phi) is 4.34. The monoisotopic (exact) mass is 279 g/mol. The Morgan fingerprint density at radius 2 is 2.05 bits per heavy atom. The zero-order chi connectivity index (χ0) is 13.8. The lowest BCUT2D eigenvalue weighted by atomic mass is 10.0. The maximum atomic E-state index is 5.43. The number of rotatable bonds is 5. The average molecular weight is 279 g/mol. The molecule has 6 heteroatoms. The number of benzene rings is 1. The predicted molar refractivity (Wildman–Crippen MR) is 75.1 cm³/mol. The van der Waals surface area contributed by atoms with Crippen LogP contribution in [0.25, 0.3) is 0 Å². The van der Waals surface area contributed by atoms with E-state index in [1.165, 1.54) is 11.5 Å². The number of methoxy groups -OCH3 is 2. The van der Waals surface area contributed by atoms with Crippen molar-refractivity contribution in [2.45, 2.75) is 13.0 Å². The van der Waals surface area contributed by atoms with E-state index >= 15 is 0 Å². The number of nitrogens with one attached hydrogen (secondary N) is 1. The Morgan fingerprint density at radius 1 is 1.26 bits per heavy atom. The fraction of sp³-hybridized carbons (Fsp3) is 0.385. The van der Waals surface area contributed by atoms with E-state index in [1.807, 2.05) is 32.2 Å². The van der Waals surface area contributed by atoms with E-state index in [4.69, 9.17) is 9.47 Å². The lowest BCUT2D eigenvalue weighted by Gasteiger charge is -2.19. The Labute approximate surface area is 116 Å². The number of aryl methyl sites for hydroxylation is 1. The standard InChI is InChI=1S/C13H17N3O2S/c1-8-13(19-16-15-8)12(14-2)10-7-9(17-3)5-6-11(10)18-4/h5-7,12,14H,1-4H3. The minimum absolute atomic E-state index is 0.00921. The molecule has 0 aliphatic carbocycles. The van der Waals surface area contributed by atoms with Gasteiger partial charge < -0.3 is 14.8 Å². The number of hydrogen-bond acceptors (Lipinski definition) is 6. The molecule has 2 aromatic rings. The third kappa shape index (κ3) is 2.69. The van der Waals surface area contributed by atoms with Gasteiger partial charge in [0.15, 0.2) is 0 Å². The quantitative estimate of drug-likeness (QED) is 0.909. The van der Waals surface area contributed by atoms with Crippen molar-refractivity contribution in [3.8, 4) is 11.5 Å². The van der Waals surface area contributed by atoms with Crippen molar-refractivity contribution in [1.29, 1.82) is 0 Å². The second kappa shape index (κ2) is 5.99. The van der Waals surface area contributed by atoms with Crippen LogP contribution in [0.3, 0.4) is 0 Å². The molecule has 0 fully saturated rings. The van der Waals surface area contributed by atoms with Crippen LogP contribution in [0.1, 0.15) is 22.2 Å². The zero-order valence-electron chi connectivity index (χ0n) is 11.4. The Bertz CT molecular complexity index is 557. The summed E-state index contributed by atoms with van der Waals surface area (Å²) in [6.45, 7) is 1.95. The van der Waals surface area contributed by atoms with Crippen molar-refractivity contribution in [2.24, 2.45) is 0 Å². The van der Waals surface area contributed by atoms with Gasteiger partial charge in [-0.25, -0.2) is 0 Å². The molecule has 102 valence electrons. The third-order valence-electron chi connectivity index (χ3n) is 2.99. The van der Waals surface area contributed by atoms with Gasteiger partial charge >= 0.3 is 0 Å². The van der Waals surface area contributed by atoms with Gasteiger partial charge in [-0.1, -0.05) is 4.49 Å². The van der Waals surface area contributed by atoms with Gasteiger partial charge in [-0.3, -0.25) is 0 Å². The first-order valence-corrected chi connectivity index (χ1v) is 6.66. The molecule has 19 heavy (non-hydrogen) atoms. The van der Waals surface area contributed by atoms with E-state index in [0.29, 0.717) is 0 Å². The highest BCUT2D eigenvalue weighted by Gasteiger charge is 2.21. The van der Waals surface area contributed by atoms with Crippen molar-refractivity contribution in [3.63, 3.8) is 0 Å². The van der Waals surface area contributed by atoms with Crippen LogP contribution in [0.5, 0.6) is 11.5 Å². The van der Waals surface area contributed by atoms with Crippen molar-refractivity contribution in [2.75, 3.05) is 21.3 Å². The summed E-state index contributed by atoms with van der Waals surface area (Å²) in [6, 6.07) is 5.75. The molecule has 0 radical (unpaired) electrons. The van der Waals surface area contributed by atoms with Crippen molar-refractivity contribution < 1.29 is 9.47 Å². The first kappa shape index (κ1) is 13.8. The van der Waals surface area contributed by atoms with Crippen LogP contribution in [0, 0.1) is 6.92 Å². The van der Waals surface area contributed by atoms with E-state index in [0.717, 1.165) is 27.6 Å². The SMILES string of the molecule is CNC(c1cc(OC)ccc1OC)c1snnc1C. The van der Waals surface area contributed by atoms with Gasteiger partial charge in [0.05, 0.1) is 30.8 Å². The summed E-state index contributed by atoms with van der Waals surface area (Å²) in [5, 5.41) is 7.35. The Morgan fingerprint density at radius 3 is 2.58 bits per heavy atom. The molecule has 1 unspecified atom stereocenters. The fourth-order valence-corrected chi connectivity index (χ4v) is 2.77. The highest BCUT2D eigenvalue weighted by atomic mass is 32.1. The topological polar surface area (TPSA) is 56.3 Å². The number of ether oxygens (including phenoxy) is 2.